The molecule has 2 aromatic rings. The molecule has 1 fully saturated rings. The van der Waals surface area contributed by atoms with Crippen LogP contribution in [0, 0.1) is 12.8 Å². The average molecular weight is 402 g/mol. The van der Waals surface area contributed by atoms with Crippen LogP contribution in [0.2, 0.25) is 0 Å². The molecule has 148 valence electrons. The summed E-state index contributed by atoms with van der Waals surface area (Å²) >= 11 is 1.10. The highest BCUT2D eigenvalue weighted by Crippen LogP contribution is 2.31. The molecule has 1 aromatic heterocycles. The van der Waals surface area contributed by atoms with E-state index in [1.54, 1.807) is 13.8 Å². The fourth-order valence-electron chi connectivity index (χ4n) is 2.56. The molecule has 1 aliphatic carbocycles. The van der Waals surface area contributed by atoms with Crippen LogP contribution in [0.4, 0.5) is 5.13 Å². The van der Waals surface area contributed by atoms with Crippen molar-refractivity contribution in [1.82, 2.24) is 4.98 Å². The standard InChI is InChI=1S/C20H22N2O5S/c1-3-26-19(25)17-13(2)21-20(28-17)22(11-14-7-5-4-6-8-14)16(23)12-27-18(24)15-9-10-15/h4-8,15H,3,9-12H2,1-2H3. The monoisotopic (exact) mass is 402 g/mol. The van der Waals surface area contributed by atoms with Crippen molar-refractivity contribution in [3.05, 3.63) is 46.5 Å². The maximum atomic E-state index is 12.8. The van der Waals surface area contributed by atoms with Gasteiger partial charge in [0.05, 0.1) is 24.8 Å². The fraction of sp³-hybridized carbons (Fsp3) is 0.400. The van der Waals surface area contributed by atoms with Crippen molar-refractivity contribution in [2.45, 2.75) is 33.2 Å². The predicted octanol–water partition coefficient (Wildman–Crippen LogP) is 3.11. The van der Waals surface area contributed by atoms with Gasteiger partial charge in [0, 0.05) is 0 Å². The van der Waals surface area contributed by atoms with Gasteiger partial charge in [0.25, 0.3) is 5.91 Å². The van der Waals surface area contributed by atoms with E-state index in [9.17, 15) is 14.4 Å². The third-order valence-corrected chi connectivity index (χ3v) is 5.37. The molecule has 7 nitrogen and oxygen atoms in total. The van der Waals surface area contributed by atoms with Crippen LogP contribution >= 0.6 is 11.3 Å². The molecule has 1 saturated carbocycles. The second-order valence-corrected chi connectivity index (χ2v) is 7.46. The van der Waals surface area contributed by atoms with E-state index in [0.717, 1.165) is 29.7 Å². The summed E-state index contributed by atoms with van der Waals surface area (Å²) in [6.45, 7) is 3.60. The summed E-state index contributed by atoms with van der Waals surface area (Å²) in [6, 6.07) is 9.43. The lowest BCUT2D eigenvalue weighted by Crippen LogP contribution is -2.34. The van der Waals surface area contributed by atoms with Crippen molar-refractivity contribution in [1.29, 1.82) is 0 Å². The van der Waals surface area contributed by atoms with Crippen LogP contribution in [0.5, 0.6) is 0 Å². The first-order chi connectivity index (χ1) is 13.5. The number of amides is 1. The van der Waals surface area contributed by atoms with E-state index in [1.165, 1.54) is 4.90 Å². The number of nitrogens with zero attached hydrogens (tertiary/aromatic N) is 2. The van der Waals surface area contributed by atoms with Gasteiger partial charge in [-0.05, 0) is 32.3 Å². The number of ether oxygens (including phenoxy) is 2. The highest BCUT2D eigenvalue weighted by molar-refractivity contribution is 7.17. The number of rotatable bonds is 8. The van der Waals surface area contributed by atoms with Gasteiger partial charge in [0.2, 0.25) is 0 Å². The number of hydrogen-bond acceptors (Lipinski definition) is 7. The third-order valence-electron chi connectivity index (χ3n) is 4.21. The number of anilines is 1. The van der Waals surface area contributed by atoms with E-state index < -0.39 is 5.97 Å². The number of aromatic nitrogens is 1. The second-order valence-electron chi connectivity index (χ2n) is 6.48. The maximum Gasteiger partial charge on any atom is 0.350 e. The zero-order valence-electron chi connectivity index (χ0n) is 15.8. The first kappa shape index (κ1) is 20.0. The molecule has 28 heavy (non-hydrogen) atoms. The summed E-state index contributed by atoms with van der Waals surface area (Å²) < 4.78 is 10.2. The first-order valence-electron chi connectivity index (χ1n) is 9.15. The predicted molar refractivity (Wildman–Crippen MR) is 104 cm³/mol. The molecule has 1 amide bonds. The van der Waals surface area contributed by atoms with E-state index in [-0.39, 0.29) is 37.6 Å². The average Bonchev–Trinajstić information content (AvgIpc) is 3.47. The van der Waals surface area contributed by atoms with E-state index >= 15 is 0 Å². The molecule has 0 saturated heterocycles. The highest BCUT2D eigenvalue weighted by Gasteiger charge is 2.32. The number of hydrogen-bond donors (Lipinski definition) is 0. The number of carbonyl (C=O) groups excluding carboxylic acids is 3. The van der Waals surface area contributed by atoms with Gasteiger partial charge >= 0.3 is 11.9 Å². The first-order valence-corrected chi connectivity index (χ1v) is 9.96. The molecule has 8 heteroatoms. The van der Waals surface area contributed by atoms with Gasteiger partial charge in [0.1, 0.15) is 4.88 Å². The molecule has 0 aliphatic heterocycles. The van der Waals surface area contributed by atoms with Crippen LogP contribution in [-0.2, 0) is 25.6 Å². The fourth-order valence-corrected chi connectivity index (χ4v) is 3.54. The van der Waals surface area contributed by atoms with Crippen molar-refractivity contribution >= 4 is 34.3 Å². The SMILES string of the molecule is CCOC(=O)c1sc(N(Cc2ccccc2)C(=O)COC(=O)C2CC2)nc1C. The Labute approximate surface area is 167 Å². The minimum Gasteiger partial charge on any atom is -0.462 e. The Hall–Kier alpha value is -2.74. The number of thiazole rings is 1. The molecule has 3 rings (SSSR count). The van der Waals surface area contributed by atoms with Gasteiger partial charge in [-0.3, -0.25) is 14.5 Å². The normalized spacial score (nSPS) is 13.1. The lowest BCUT2D eigenvalue weighted by molar-refractivity contribution is -0.149. The molecule has 1 aromatic carbocycles. The Morgan fingerprint density at radius 3 is 2.54 bits per heavy atom. The molecule has 0 bridgehead atoms. The van der Waals surface area contributed by atoms with Crippen molar-refractivity contribution in [3.8, 4) is 0 Å². The number of benzene rings is 1. The van der Waals surface area contributed by atoms with E-state index in [4.69, 9.17) is 9.47 Å². The van der Waals surface area contributed by atoms with Gasteiger partial charge in [0.15, 0.2) is 11.7 Å². The van der Waals surface area contributed by atoms with Gasteiger partial charge in [-0.15, -0.1) is 0 Å². The molecule has 1 heterocycles. The minimum atomic E-state index is -0.462. The lowest BCUT2D eigenvalue weighted by atomic mass is 10.2. The smallest absolute Gasteiger partial charge is 0.350 e. The topological polar surface area (TPSA) is 85.8 Å². The molecular weight excluding hydrogens is 380 g/mol. The lowest BCUT2D eigenvalue weighted by Gasteiger charge is -2.20. The molecule has 0 atom stereocenters. The molecular formula is C20H22N2O5S. The second kappa shape index (κ2) is 8.97. The van der Waals surface area contributed by atoms with E-state index in [0.29, 0.717) is 15.7 Å². The van der Waals surface area contributed by atoms with Crippen molar-refractivity contribution in [2.24, 2.45) is 5.92 Å². The minimum absolute atomic E-state index is 0.0760. The van der Waals surface area contributed by atoms with Crippen LogP contribution < -0.4 is 4.90 Å². The molecule has 0 radical (unpaired) electrons. The van der Waals surface area contributed by atoms with E-state index in [2.05, 4.69) is 4.98 Å². The Kier molecular flexibility index (Phi) is 6.41. The highest BCUT2D eigenvalue weighted by atomic mass is 32.1. The van der Waals surface area contributed by atoms with Crippen molar-refractivity contribution in [2.75, 3.05) is 18.1 Å². The summed E-state index contributed by atoms with van der Waals surface area (Å²) in [7, 11) is 0. The Bertz CT molecular complexity index is 861. The van der Waals surface area contributed by atoms with E-state index in [1.807, 2.05) is 30.3 Å². The van der Waals surface area contributed by atoms with Crippen LogP contribution in [0.15, 0.2) is 30.3 Å². The molecule has 0 N–H and O–H groups in total. The Morgan fingerprint density at radius 2 is 1.89 bits per heavy atom. The number of carbonyl (C=O) groups is 3. The van der Waals surface area contributed by atoms with Gasteiger partial charge < -0.3 is 9.47 Å². The van der Waals surface area contributed by atoms with Crippen LogP contribution in [-0.4, -0.2) is 36.0 Å². The van der Waals surface area contributed by atoms with Gasteiger partial charge in [-0.1, -0.05) is 41.7 Å². The zero-order chi connectivity index (χ0) is 20.1. The summed E-state index contributed by atoms with van der Waals surface area (Å²) in [5.74, 6) is -1.26. The number of aryl methyl sites for hydroxylation is 1. The zero-order valence-corrected chi connectivity index (χ0v) is 16.7. The summed E-state index contributed by atoms with van der Waals surface area (Å²) in [5.41, 5.74) is 1.40. The van der Waals surface area contributed by atoms with Crippen LogP contribution in [0.25, 0.3) is 0 Å². The van der Waals surface area contributed by atoms with Gasteiger partial charge in [-0.2, -0.15) is 0 Å². The summed E-state index contributed by atoms with van der Waals surface area (Å²) in [5, 5.41) is 0.372. The molecule has 0 spiro atoms. The Morgan fingerprint density at radius 1 is 1.18 bits per heavy atom. The summed E-state index contributed by atoms with van der Waals surface area (Å²) in [6.07, 6.45) is 1.63. The van der Waals surface area contributed by atoms with Gasteiger partial charge in [-0.25, -0.2) is 9.78 Å². The maximum absolute atomic E-state index is 12.8. The number of esters is 2. The largest absolute Gasteiger partial charge is 0.462 e. The van der Waals surface area contributed by atoms with Crippen molar-refractivity contribution < 1.29 is 23.9 Å². The molecule has 0 unspecified atom stereocenters. The van der Waals surface area contributed by atoms with Crippen LogP contribution in [0.3, 0.4) is 0 Å². The van der Waals surface area contributed by atoms with Crippen molar-refractivity contribution in [3.63, 3.8) is 0 Å². The third kappa shape index (κ3) is 4.95. The van der Waals surface area contributed by atoms with Crippen LogP contribution in [0.1, 0.15) is 40.7 Å². The summed E-state index contributed by atoms with van der Waals surface area (Å²) in [4.78, 5) is 42.9. The molecule has 1 aliphatic rings. The quantitative estimate of drug-likeness (QED) is 0.631. The Balaban J connectivity index is 1.80.